The third-order valence-corrected chi connectivity index (χ3v) is 2.53. The number of hydrogen-bond acceptors (Lipinski definition) is 3. The monoisotopic (exact) mass is 213 g/mol. The zero-order valence-electron chi connectivity index (χ0n) is 9.40. The van der Waals surface area contributed by atoms with E-state index in [4.69, 9.17) is 0 Å². The lowest BCUT2D eigenvalue weighted by molar-refractivity contribution is -0.133. The summed E-state index contributed by atoms with van der Waals surface area (Å²) in [5.41, 5.74) is 0. The molecule has 0 aromatic rings. The Morgan fingerprint density at radius 3 is 2.93 bits per heavy atom. The molecule has 0 bridgehead atoms. The van der Waals surface area contributed by atoms with Crippen molar-refractivity contribution in [3.63, 3.8) is 0 Å². The first-order valence-corrected chi connectivity index (χ1v) is 5.25. The SMILES string of the molecule is CN(C)CC(=O)N1CCC[C@@H](NC=O)C1. The summed E-state index contributed by atoms with van der Waals surface area (Å²) < 4.78 is 0. The molecule has 0 unspecified atom stereocenters. The highest BCUT2D eigenvalue weighted by atomic mass is 16.2. The molecule has 0 aliphatic carbocycles. The first-order valence-electron chi connectivity index (χ1n) is 5.25. The molecule has 5 heteroatoms. The van der Waals surface area contributed by atoms with E-state index >= 15 is 0 Å². The molecule has 5 nitrogen and oxygen atoms in total. The summed E-state index contributed by atoms with van der Waals surface area (Å²) in [7, 11) is 3.76. The van der Waals surface area contributed by atoms with E-state index in [1.165, 1.54) is 0 Å². The summed E-state index contributed by atoms with van der Waals surface area (Å²) in [6, 6.07) is 0.127. The first kappa shape index (κ1) is 12.0. The molecule has 1 N–H and O–H groups in total. The number of amides is 2. The van der Waals surface area contributed by atoms with Gasteiger partial charge in [0.2, 0.25) is 12.3 Å². The molecule has 1 saturated heterocycles. The standard InChI is InChI=1S/C10H19N3O2/c1-12(2)7-10(15)13-5-3-4-9(6-13)11-8-14/h8-9H,3-7H2,1-2H3,(H,11,14)/t9-/m1/s1. The molecule has 0 aromatic carbocycles. The van der Waals surface area contributed by atoms with Gasteiger partial charge in [0, 0.05) is 19.1 Å². The molecule has 0 spiro atoms. The minimum atomic E-state index is 0.127. The van der Waals surface area contributed by atoms with E-state index in [9.17, 15) is 9.59 Å². The quantitative estimate of drug-likeness (QED) is 0.627. The molecule has 1 aliphatic heterocycles. The van der Waals surface area contributed by atoms with E-state index < -0.39 is 0 Å². The van der Waals surface area contributed by atoms with E-state index in [2.05, 4.69) is 5.32 Å². The van der Waals surface area contributed by atoms with E-state index in [0.29, 0.717) is 19.5 Å². The molecule has 1 aliphatic rings. The van der Waals surface area contributed by atoms with Crippen molar-refractivity contribution in [2.45, 2.75) is 18.9 Å². The zero-order chi connectivity index (χ0) is 11.3. The zero-order valence-corrected chi connectivity index (χ0v) is 9.40. The smallest absolute Gasteiger partial charge is 0.236 e. The van der Waals surface area contributed by atoms with E-state index in [-0.39, 0.29) is 11.9 Å². The number of rotatable bonds is 4. The number of hydrogen-bond donors (Lipinski definition) is 1. The molecule has 0 aromatic heterocycles. The van der Waals surface area contributed by atoms with Gasteiger partial charge in [-0.15, -0.1) is 0 Å². The molecule has 15 heavy (non-hydrogen) atoms. The minimum Gasteiger partial charge on any atom is -0.354 e. The van der Waals surface area contributed by atoms with Gasteiger partial charge in [-0.25, -0.2) is 0 Å². The molecule has 1 atom stereocenters. The maximum atomic E-state index is 11.7. The normalized spacial score (nSPS) is 21.5. The second-order valence-electron chi connectivity index (χ2n) is 4.20. The Bertz CT molecular complexity index is 231. The fraction of sp³-hybridized carbons (Fsp3) is 0.800. The number of likely N-dealkylation sites (N-methyl/N-ethyl adjacent to an activating group) is 1. The second kappa shape index (κ2) is 5.70. The fourth-order valence-corrected chi connectivity index (χ4v) is 1.81. The summed E-state index contributed by atoms with van der Waals surface area (Å²) in [6.45, 7) is 1.89. The summed E-state index contributed by atoms with van der Waals surface area (Å²) in [6.07, 6.45) is 2.64. The Balaban J connectivity index is 2.41. The molecular weight excluding hydrogens is 194 g/mol. The molecule has 2 amide bonds. The number of carbonyl (C=O) groups is 2. The van der Waals surface area contributed by atoms with Crippen LogP contribution in [0.25, 0.3) is 0 Å². The van der Waals surface area contributed by atoms with Crippen LogP contribution in [0.15, 0.2) is 0 Å². The van der Waals surface area contributed by atoms with Gasteiger partial charge in [-0.05, 0) is 26.9 Å². The van der Waals surface area contributed by atoms with Crippen LogP contribution in [-0.4, -0.2) is 61.9 Å². The van der Waals surface area contributed by atoms with Crippen molar-refractivity contribution >= 4 is 12.3 Å². The molecule has 0 saturated carbocycles. The van der Waals surface area contributed by atoms with Gasteiger partial charge in [-0.3, -0.25) is 9.59 Å². The van der Waals surface area contributed by atoms with Crippen molar-refractivity contribution in [3.05, 3.63) is 0 Å². The average Bonchev–Trinajstić information content (AvgIpc) is 2.17. The topological polar surface area (TPSA) is 52.7 Å². The molecule has 0 radical (unpaired) electrons. The highest BCUT2D eigenvalue weighted by molar-refractivity contribution is 5.78. The number of piperidine rings is 1. The van der Waals surface area contributed by atoms with Crippen LogP contribution >= 0.6 is 0 Å². The van der Waals surface area contributed by atoms with Crippen molar-refractivity contribution in [1.29, 1.82) is 0 Å². The van der Waals surface area contributed by atoms with Gasteiger partial charge < -0.3 is 15.1 Å². The fourth-order valence-electron chi connectivity index (χ4n) is 1.81. The van der Waals surface area contributed by atoms with Crippen LogP contribution in [0.4, 0.5) is 0 Å². The lowest BCUT2D eigenvalue weighted by atomic mass is 10.1. The van der Waals surface area contributed by atoms with Crippen molar-refractivity contribution in [1.82, 2.24) is 15.1 Å². The van der Waals surface area contributed by atoms with Gasteiger partial charge in [0.1, 0.15) is 0 Å². The van der Waals surface area contributed by atoms with Crippen molar-refractivity contribution in [2.75, 3.05) is 33.7 Å². The third-order valence-electron chi connectivity index (χ3n) is 2.53. The van der Waals surface area contributed by atoms with Crippen molar-refractivity contribution in [3.8, 4) is 0 Å². The molecule has 1 rings (SSSR count). The van der Waals surface area contributed by atoms with Gasteiger partial charge in [0.15, 0.2) is 0 Å². The maximum absolute atomic E-state index is 11.7. The first-order chi connectivity index (χ1) is 7.13. The summed E-state index contributed by atoms with van der Waals surface area (Å²) in [4.78, 5) is 25.7. The molecular formula is C10H19N3O2. The van der Waals surface area contributed by atoms with Crippen LogP contribution in [-0.2, 0) is 9.59 Å². The maximum Gasteiger partial charge on any atom is 0.236 e. The van der Waals surface area contributed by atoms with Gasteiger partial charge in [0.05, 0.1) is 6.54 Å². The van der Waals surface area contributed by atoms with Crippen LogP contribution in [0.1, 0.15) is 12.8 Å². The Morgan fingerprint density at radius 1 is 1.60 bits per heavy atom. The van der Waals surface area contributed by atoms with Gasteiger partial charge in [0.25, 0.3) is 0 Å². The minimum absolute atomic E-state index is 0.127. The number of nitrogens with one attached hydrogen (secondary N) is 1. The Kier molecular flexibility index (Phi) is 4.55. The van der Waals surface area contributed by atoms with Crippen molar-refractivity contribution < 1.29 is 9.59 Å². The Labute approximate surface area is 90.4 Å². The largest absolute Gasteiger partial charge is 0.354 e. The van der Waals surface area contributed by atoms with Gasteiger partial charge in [-0.2, -0.15) is 0 Å². The summed E-state index contributed by atoms with van der Waals surface area (Å²) in [5, 5.41) is 2.73. The number of likely N-dealkylation sites (tertiary alicyclic amines) is 1. The second-order valence-corrected chi connectivity index (χ2v) is 4.20. The lowest BCUT2D eigenvalue weighted by Crippen LogP contribution is -2.49. The van der Waals surface area contributed by atoms with Crippen molar-refractivity contribution in [2.24, 2.45) is 0 Å². The molecule has 1 heterocycles. The van der Waals surface area contributed by atoms with E-state index in [1.807, 2.05) is 23.9 Å². The van der Waals surface area contributed by atoms with E-state index in [0.717, 1.165) is 19.4 Å². The lowest BCUT2D eigenvalue weighted by Gasteiger charge is -2.33. The third kappa shape index (κ3) is 3.87. The van der Waals surface area contributed by atoms with Crippen LogP contribution in [0.2, 0.25) is 0 Å². The van der Waals surface area contributed by atoms with Crippen LogP contribution < -0.4 is 5.32 Å². The van der Waals surface area contributed by atoms with Gasteiger partial charge in [-0.1, -0.05) is 0 Å². The number of carbonyl (C=O) groups excluding carboxylic acids is 2. The molecule has 1 fully saturated rings. The summed E-state index contributed by atoms with van der Waals surface area (Å²) >= 11 is 0. The predicted molar refractivity (Wildman–Crippen MR) is 57.4 cm³/mol. The summed E-state index contributed by atoms with van der Waals surface area (Å²) in [5.74, 6) is 0.136. The number of nitrogens with zero attached hydrogens (tertiary/aromatic N) is 2. The Hall–Kier alpha value is -1.10. The van der Waals surface area contributed by atoms with E-state index in [1.54, 1.807) is 0 Å². The van der Waals surface area contributed by atoms with Crippen LogP contribution in [0.3, 0.4) is 0 Å². The highest BCUT2D eigenvalue weighted by Gasteiger charge is 2.22. The predicted octanol–water partition coefficient (Wildman–Crippen LogP) is -0.715. The highest BCUT2D eigenvalue weighted by Crippen LogP contribution is 2.09. The van der Waals surface area contributed by atoms with Crippen LogP contribution in [0, 0.1) is 0 Å². The van der Waals surface area contributed by atoms with Crippen LogP contribution in [0.5, 0.6) is 0 Å². The molecule has 86 valence electrons. The Morgan fingerprint density at radius 2 is 2.33 bits per heavy atom. The average molecular weight is 213 g/mol. The van der Waals surface area contributed by atoms with Gasteiger partial charge >= 0.3 is 0 Å².